The number of nitro groups is 1. The number of carboxylic acid groups (broad SMARTS) is 1. The monoisotopic (exact) mass is 224 g/mol. The molecule has 6 nitrogen and oxygen atoms in total. The van der Waals surface area contributed by atoms with Gasteiger partial charge in [0.1, 0.15) is 5.92 Å². The van der Waals surface area contributed by atoms with Crippen molar-refractivity contribution in [1.29, 1.82) is 0 Å². The van der Waals surface area contributed by atoms with Gasteiger partial charge < -0.3 is 10.8 Å². The van der Waals surface area contributed by atoms with E-state index in [2.05, 4.69) is 0 Å². The van der Waals surface area contributed by atoms with Crippen molar-refractivity contribution < 1.29 is 14.8 Å². The normalized spacial score (nSPS) is 12.1. The number of nitrogens with two attached hydrogens (primary N) is 1. The summed E-state index contributed by atoms with van der Waals surface area (Å²) in [6, 6.07) is 4.36. The number of aliphatic carboxylic acids is 1. The molecule has 0 amide bonds. The third-order valence-electron chi connectivity index (χ3n) is 2.29. The first-order valence-corrected chi connectivity index (χ1v) is 4.65. The maximum atomic E-state index is 10.9. The molecule has 3 N–H and O–H groups in total. The van der Waals surface area contributed by atoms with Crippen LogP contribution in [0.3, 0.4) is 0 Å². The number of carbonyl (C=O) groups is 1. The number of hydrogen-bond donors (Lipinski definition) is 2. The number of carboxylic acids is 1. The summed E-state index contributed by atoms with van der Waals surface area (Å²) in [5.74, 6) is -2.20. The second-order valence-corrected chi connectivity index (χ2v) is 3.45. The fraction of sp³-hybridized carbons (Fsp3) is 0.300. The molecule has 0 heterocycles. The van der Waals surface area contributed by atoms with Gasteiger partial charge in [-0.2, -0.15) is 0 Å². The minimum Gasteiger partial charge on any atom is -0.481 e. The maximum Gasteiger partial charge on any atom is 0.312 e. The van der Waals surface area contributed by atoms with Crippen molar-refractivity contribution in [3.63, 3.8) is 0 Å². The molecule has 86 valence electrons. The van der Waals surface area contributed by atoms with Crippen LogP contribution in [0, 0.1) is 17.0 Å². The Morgan fingerprint density at radius 2 is 2.25 bits per heavy atom. The van der Waals surface area contributed by atoms with Crippen molar-refractivity contribution in [1.82, 2.24) is 0 Å². The van der Waals surface area contributed by atoms with Gasteiger partial charge in [0.15, 0.2) is 0 Å². The van der Waals surface area contributed by atoms with Gasteiger partial charge in [-0.25, -0.2) is 0 Å². The Morgan fingerprint density at radius 1 is 1.62 bits per heavy atom. The average molecular weight is 224 g/mol. The number of rotatable bonds is 4. The first kappa shape index (κ1) is 12.1. The molecule has 0 aliphatic heterocycles. The van der Waals surface area contributed by atoms with Crippen molar-refractivity contribution in [3.8, 4) is 0 Å². The number of aryl methyl sites for hydroxylation is 1. The van der Waals surface area contributed by atoms with Crippen LogP contribution < -0.4 is 5.73 Å². The summed E-state index contributed by atoms with van der Waals surface area (Å²) in [6.07, 6.45) is 0. The lowest BCUT2D eigenvalue weighted by atomic mass is 9.96. The minimum absolute atomic E-state index is 0.153. The highest BCUT2D eigenvalue weighted by Crippen LogP contribution is 2.27. The second-order valence-electron chi connectivity index (χ2n) is 3.45. The lowest BCUT2D eigenvalue weighted by Crippen LogP contribution is -2.22. The molecule has 0 radical (unpaired) electrons. The second kappa shape index (κ2) is 4.71. The van der Waals surface area contributed by atoms with Gasteiger partial charge in [0, 0.05) is 18.2 Å². The molecule has 0 saturated carbocycles. The van der Waals surface area contributed by atoms with Crippen LogP contribution in [0.2, 0.25) is 0 Å². The predicted octanol–water partition coefficient (Wildman–Crippen LogP) is 1.03. The fourth-order valence-corrected chi connectivity index (χ4v) is 1.48. The molecule has 0 bridgehead atoms. The van der Waals surface area contributed by atoms with Crippen LogP contribution in [-0.4, -0.2) is 22.5 Å². The molecule has 1 unspecified atom stereocenters. The van der Waals surface area contributed by atoms with Crippen molar-refractivity contribution in [2.75, 3.05) is 6.54 Å². The van der Waals surface area contributed by atoms with Gasteiger partial charge in [-0.15, -0.1) is 0 Å². The van der Waals surface area contributed by atoms with Gasteiger partial charge in [0.2, 0.25) is 0 Å². The number of nitro benzene ring substituents is 1. The van der Waals surface area contributed by atoms with Gasteiger partial charge in [-0.3, -0.25) is 14.9 Å². The Bertz CT molecular complexity index is 431. The number of benzene rings is 1. The lowest BCUT2D eigenvalue weighted by molar-refractivity contribution is -0.385. The molecule has 6 heteroatoms. The lowest BCUT2D eigenvalue weighted by Gasteiger charge is -2.10. The third-order valence-corrected chi connectivity index (χ3v) is 2.29. The zero-order valence-electron chi connectivity index (χ0n) is 8.71. The molecule has 16 heavy (non-hydrogen) atoms. The summed E-state index contributed by atoms with van der Waals surface area (Å²) in [4.78, 5) is 21.1. The highest BCUT2D eigenvalue weighted by Gasteiger charge is 2.26. The highest BCUT2D eigenvalue weighted by molar-refractivity contribution is 5.78. The van der Waals surface area contributed by atoms with Crippen LogP contribution in [0.4, 0.5) is 5.69 Å². The summed E-state index contributed by atoms with van der Waals surface area (Å²) in [6.45, 7) is 1.57. The molecular weight excluding hydrogens is 212 g/mol. The summed E-state index contributed by atoms with van der Waals surface area (Å²) in [5, 5.41) is 19.7. The molecule has 0 spiro atoms. The van der Waals surface area contributed by atoms with Gasteiger partial charge >= 0.3 is 5.97 Å². The van der Waals surface area contributed by atoms with Crippen LogP contribution in [0.1, 0.15) is 17.0 Å². The van der Waals surface area contributed by atoms with Crippen LogP contribution in [0.15, 0.2) is 18.2 Å². The Kier molecular flexibility index (Phi) is 3.57. The number of nitrogens with zero attached hydrogens (tertiary/aromatic N) is 1. The predicted molar refractivity (Wildman–Crippen MR) is 57.3 cm³/mol. The van der Waals surface area contributed by atoms with Crippen LogP contribution in [0.25, 0.3) is 0 Å². The van der Waals surface area contributed by atoms with Gasteiger partial charge in [0.05, 0.1) is 4.92 Å². The van der Waals surface area contributed by atoms with E-state index in [0.717, 1.165) is 5.56 Å². The van der Waals surface area contributed by atoms with E-state index in [9.17, 15) is 14.9 Å². The van der Waals surface area contributed by atoms with Crippen molar-refractivity contribution >= 4 is 11.7 Å². The quantitative estimate of drug-likeness (QED) is 0.586. The first-order chi connectivity index (χ1) is 7.47. The Labute approximate surface area is 91.8 Å². The number of hydrogen-bond acceptors (Lipinski definition) is 4. The van der Waals surface area contributed by atoms with E-state index in [-0.39, 0.29) is 17.8 Å². The van der Waals surface area contributed by atoms with Crippen LogP contribution >= 0.6 is 0 Å². The molecule has 1 atom stereocenters. The largest absolute Gasteiger partial charge is 0.481 e. The Morgan fingerprint density at radius 3 is 2.69 bits per heavy atom. The SMILES string of the molecule is Cc1ccc([N+](=O)[O-])c(C(CN)C(=O)O)c1. The van der Waals surface area contributed by atoms with E-state index in [0.29, 0.717) is 0 Å². The van der Waals surface area contributed by atoms with E-state index in [4.69, 9.17) is 10.8 Å². The van der Waals surface area contributed by atoms with Crippen molar-refractivity contribution in [3.05, 3.63) is 39.4 Å². The fourth-order valence-electron chi connectivity index (χ4n) is 1.48. The van der Waals surface area contributed by atoms with Crippen LogP contribution in [-0.2, 0) is 4.79 Å². The Hall–Kier alpha value is -1.95. The van der Waals surface area contributed by atoms with E-state index >= 15 is 0 Å². The zero-order valence-corrected chi connectivity index (χ0v) is 8.71. The van der Waals surface area contributed by atoms with Gasteiger partial charge in [-0.1, -0.05) is 11.6 Å². The molecule has 0 aliphatic carbocycles. The summed E-state index contributed by atoms with van der Waals surface area (Å²) in [7, 11) is 0. The minimum atomic E-state index is -1.16. The molecular formula is C10H12N2O4. The van der Waals surface area contributed by atoms with E-state index in [1.54, 1.807) is 13.0 Å². The average Bonchev–Trinajstić information content (AvgIpc) is 2.17. The summed E-state index contributed by atoms with van der Waals surface area (Å²) in [5.41, 5.74) is 6.03. The van der Waals surface area contributed by atoms with Gasteiger partial charge in [0.25, 0.3) is 5.69 Å². The smallest absolute Gasteiger partial charge is 0.312 e. The topological polar surface area (TPSA) is 106 Å². The third kappa shape index (κ3) is 2.34. The molecule has 1 rings (SSSR count). The molecule has 1 aromatic rings. The van der Waals surface area contributed by atoms with Crippen molar-refractivity contribution in [2.45, 2.75) is 12.8 Å². The molecule has 0 aliphatic rings. The summed E-state index contributed by atoms with van der Waals surface area (Å²) < 4.78 is 0. The van der Waals surface area contributed by atoms with Crippen LogP contribution in [0.5, 0.6) is 0 Å². The van der Waals surface area contributed by atoms with E-state index < -0.39 is 16.8 Å². The standard InChI is InChI=1S/C10H12N2O4/c1-6-2-3-9(12(15)16)7(4-6)8(5-11)10(13)14/h2-4,8H,5,11H2,1H3,(H,13,14). The zero-order chi connectivity index (χ0) is 12.3. The van der Waals surface area contributed by atoms with Crippen molar-refractivity contribution in [2.24, 2.45) is 5.73 Å². The molecule has 1 aromatic carbocycles. The first-order valence-electron chi connectivity index (χ1n) is 4.65. The molecule has 0 fully saturated rings. The molecule has 0 aromatic heterocycles. The van der Waals surface area contributed by atoms with E-state index in [1.807, 2.05) is 0 Å². The molecule has 0 saturated heterocycles. The maximum absolute atomic E-state index is 10.9. The van der Waals surface area contributed by atoms with E-state index in [1.165, 1.54) is 12.1 Å². The Balaban J connectivity index is 3.33. The highest BCUT2D eigenvalue weighted by atomic mass is 16.6. The van der Waals surface area contributed by atoms with Gasteiger partial charge in [-0.05, 0) is 13.0 Å². The summed E-state index contributed by atoms with van der Waals surface area (Å²) >= 11 is 0.